The van der Waals surface area contributed by atoms with Crippen molar-refractivity contribution >= 4 is 12.4 Å². The fourth-order valence-corrected chi connectivity index (χ4v) is 2.06. The second-order valence-corrected chi connectivity index (χ2v) is 3.35. The van der Waals surface area contributed by atoms with Crippen molar-refractivity contribution in [2.24, 2.45) is 11.8 Å². The molecular weight excluding hydrogens is 191 g/mol. The van der Waals surface area contributed by atoms with Crippen molar-refractivity contribution in [2.45, 2.75) is 25.1 Å². The largest absolute Gasteiger partial charge is 0.393 e. The number of hydrogen-bond acceptors (Lipinski definition) is 1. The molecule has 1 saturated heterocycles. The smallest absolute Gasteiger partial charge is 0.313 e. The van der Waals surface area contributed by atoms with E-state index < -0.39 is 12.1 Å². The van der Waals surface area contributed by atoms with Crippen molar-refractivity contribution in [3.63, 3.8) is 0 Å². The van der Waals surface area contributed by atoms with E-state index in [1.54, 1.807) is 0 Å². The summed E-state index contributed by atoms with van der Waals surface area (Å²) in [6, 6.07) is -0.247. The molecule has 1 aliphatic carbocycles. The van der Waals surface area contributed by atoms with E-state index in [2.05, 4.69) is 5.32 Å². The first-order chi connectivity index (χ1) is 5.11. The molecule has 2 aliphatic rings. The molecule has 0 radical (unpaired) electrons. The molecule has 3 atom stereocenters. The normalized spacial score (nSPS) is 39.8. The molecule has 1 aliphatic heterocycles. The average Bonchev–Trinajstić information content (AvgIpc) is 2.58. The number of halogens is 4. The first kappa shape index (κ1) is 10.1. The lowest BCUT2D eigenvalue weighted by Crippen LogP contribution is -2.26. The molecule has 0 spiro atoms. The van der Waals surface area contributed by atoms with Crippen molar-refractivity contribution in [3.8, 4) is 0 Å². The van der Waals surface area contributed by atoms with Crippen LogP contribution < -0.4 is 5.32 Å². The third kappa shape index (κ3) is 1.55. The van der Waals surface area contributed by atoms with E-state index in [1.165, 1.54) is 0 Å². The van der Waals surface area contributed by atoms with Gasteiger partial charge < -0.3 is 5.32 Å². The van der Waals surface area contributed by atoms with E-state index in [0.29, 0.717) is 0 Å². The molecule has 0 unspecified atom stereocenters. The summed E-state index contributed by atoms with van der Waals surface area (Å²) in [5.41, 5.74) is 0. The Morgan fingerprint density at radius 3 is 2.33 bits per heavy atom. The van der Waals surface area contributed by atoms with E-state index in [9.17, 15) is 13.2 Å². The third-order valence-corrected chi connectivity index (χ3v) is 2.64. The fraction of sp³-hybridized carbons (Fsp3) is 1.00. The Labute approximate surface area is 75.1 Å². The number of nitrogens with one attached hydrogen (secondary N) is 1. The second-order valence-electron chi connectivity index (χ2n) is 3.35. The Balaban J connectivity index is 0.000000720. The Morgan fingerprint density at radius 1 is 1.25 bits per heavy atom. The van der Waals surface area contributed by atoms with Crippen LogP contribution in [0.25, 0.3) is 0 Å². The number of fused-ring (bicyclic) bond motifs is 1. The van der Waals surface area contributed by atoms with Crippen LogP contribution in [0.4, 0.5) is 13.2 Å². The average molecular weight is 202 g/mol. The highest BCUT2D eigenvalue weighted by atomic mass is 35.5. The van der Waals surface area contributed by atoms with Crippen molar-refractivity contribution in [1.29, 1.82) is 0 Å². The molecular formula is C7H11ClF3N. The fourth-order valence-electron chi connectivity index (χ4n) is 2.06. The predicted octanol–water partition coefficient (Wildman–Crippen LogP) is 1.97. The van der Waals surface area contributed by atoms with Crippen LogP contribution in [0.2, 0.25) is 0 Å². The van der Waals surface area contributed by atoms with Gasteiger partial charge in [-0.15, -0.1) is 12.4 Å². The number of piperidine rings is 1. The molecule has 2 rings (SSSR count). The van der Waals surface area contributed by atoms with Gasteiger partial charge in [0.25, 0.3) is 0 Å². The summed E-state index contributed by atoms with van der Waals surface area (Å²) in [7, 11) is 0. The highest BCUT2D eigenvalue weighted by Crippen LogP contribution is 2.53. The summed E-state index contributed by atoms with van der Waals surface area (Å²) >= 11 is 0. The lowest BCUT2D eigenvalue weighted by Gasteiger charge is -2.07. The highest BCUT2D eigenvalue weighted by molar-refractivity contribution is 5.85. The molecule has 1 nitrogen and oxygen atoms in total. The summed E-state index contributed by atoms with van der Waals surface area (Å²) in [4.78, 5) is 0. The summed E-state index contributed by atoms with van der Waals surface area (Å²) < 4.78 is 36.3. The van der Waals surface area contributed by atoms with Gasteiger partial charge in [-0.3, -0.25) is 0 Å². The van der Waals surface area contributed by atoms with Crippen molar-refractivity contribution in [1.82, 2.24) is 5.32 Å². The molecule has 1 saturated carbocycles. The van der Waals surface area contributed by atoms with Crippen molar-refractivity contribution in [3.05, 3.63) is 0 Å². The Hall–Kier alpha value is 0.0400. The lowest BCUT2D eigenvalue weighted by atomic mass is 10.1. The SMILES string of the molecule is Cl.FC(F)(F)[C@H]1[C@H]2CCCN[C@H]21. The molecule has 0 amide bonds. The van der Waals surface area contributed by atoms with Crippen LogP contribution >= 0.6 is 12.4 Å². The molecule has 5 heteroatoms. The van der Waals surface area contributed by atoms with E-state index in [0.717, 1.165) is 19.4 Å². The molecule has 0 aromatic carbocycles. The second kappa shape index (κ2) is 3.07. The summed E-state index contributed by atoms with van der Waals surface area (Å²) in [5.74, 6) is -1.14. The van der Waals surface area contributed by atoms with Crippen LogP contribution in [0, 0.1) is 11.8 Å². The zero-order valence-electron chi connectivity index (χ0n) is 6.40. The molecule has 0 bridgehead atoms. The highest BCUT2D eigenvalue weighted by Gasteiger charge is 2.64. The number of hydrogen-bond donors (Lipinski definition) is 1. The molecule has 0 aromatic rings. The minimum absolute atomic E-state index is 0. The first-order valence-electron chi connectivity index (χ1n) is 3.91. The standard InChI is InChI=1S/C7H10F3N.ClH/c8-7(9,10)5-4-2-1-3-11-6(4)5;/h4-6,11H,1-3H2;1H/t4-,5+,6-;/m1./s1. The van der Waals surface area contributed by atoms with Gasteiger partial charge in [-0.1, -0.05) is 0 Å². The zero-order valence-corrected chi connectivity index (χ0v) is 7.21. The van der Waals surface area contributed by atoms with E-state index in [1.807, 2.05) is 0 Å². The summed E-state index contributed by atoms with van der Waals surface area (Å²) in [6.45, 7) is 0.758. The van der Waals surface area contributed by atoms with E-state index in [4.69, 9.17) is 0 Å². The quantitative estimate of drug-likeness (QED) is 0.632. The maximum absolute atomic E-state index is 12.1. The van der Waals surface area contributed by atoms with E-state index >= 15 is 0 Å². The minimum atomic E-state index is -3.97. The zero-order chi connectivity index (χ0) is 8.06. The third-order valence-electron chi connectivity index (χ3n) is 2.64. The number of alkyl halides is 3. The molecule has 2 fully saturated rings. The molecule has 12 heavy (non-hydrogen) atoms. The van der Waals surface area contributed by atoms with Crippen molar-refractivity contribution in [2.75, 3.05) is 6.54 Å². The topological polar surface area (TPSA) is 12.0 Å². The summed E-state index contributed by atoms with van der Waals surface area (Å²) in [5, 5.41) is 2.89. The molecule has 1 N–H and O–H groups in total. The molecule has 1 heterocycles. The maximum Gasteiger partial charge on any atom is 0.393 e. The molecule has 72 valence electrons. The van der Waals surface area contributed by atoms with Crippen LogP contribution in [0.1, 0.15) is 12.8 Å². The van der Waals surface area contributed by atoms with Gasteiger partial charge in [0, 0.05) is 6.04 Å². The molecule has 0 aromatic heterocycles. The lowest BCUT2D eigenvalue weighted by molar-refractivity contribution is -0.152. The van der Waals surface area contributed by atoms with Crippen LogP contribution in [0.15, 0.2) is 0 Å². The van der Waals surface area contributed by atoms with Gasteiger partial charge >= 0.3 is 6.18 Å². The van der Waals surface area contributed by atoms with Crippen LogP contribution in [-0.4, -0.2) is 18.8 Å². The van der Waals surface area contributed by atoms with Gasteiger partial charge in [0.2, 0.25) is 0 Å². The van der Waals surface area contributed by atoms with Crippen LogP contribution in [0.3, 0.4) is 0 Å². The number of rotatable bonds is 0. The van der Waals surface area contributed by atoms with Gasteiger partial charge in [0.1, 0.15) is 0 Å². The van der Waals surface area contributed by atoms with Crippen LogP contribution in [-0.2, 0) is 0 Å². The van der Waals surface area contributed by atoms with Gasteiger partial charge in [-0.25, -0.2) is 0 Å². The van der Waals surface area contributed by atoms with Gasteiger partial charge in [0.05, 0.1) is 5.92 Å². The maximum atomic E-state index is 12.1. The predicted molar refractivity (Wildman–Crippen MR) is 41.3 cm³/mol. The Bertz CT molecular complexity index is 159. The monoisotopic (exact) mass is 201 g/mol. The Kier molecular flexibility index (Phi) is 2.59. The van der Waals surface area contributed by atoms with Gasteiger partial charge in [0.15, 0.2) is 0 Å². The van der Waals surface area contributed by atoms with Gasteiger partial charge in [-0.05, 0) is 25.3 Å². The minimum Gasteiger partial charge on any atom is -0.313 e. The van der Waals surface area contributed by atoms with Crippen LogP contribution in [0.5, 0.6) is 0 Å². The van der Waals surface area contributed by atoms with Gasteiger partial charge in [-0.2, -0.15) is 13.2 Å². The summed E-state index contributed by atoms with van der Waals surface area (Å²) in [6.07, 6.45) is -2.32. The first-order valence-corrected chi connectivity index (χ1v) is 3.91. The van der Waals surface area contributed by atoms with Crippen molar-refractivity contribution < 1.29 is 13.2 Å². The van der Waals surface area contributed by atoms with E-state index in [-0.39, 0.29) is 24.4 Å². The Morgan fingerprint density at radius 2 is 1.92 bits per heavy atom.